The molecule has 0 amide bonds. The Morgan fingerprint density at radius 2 is 0.843 bits per heavy atom. The number of benzene rings is 6. The van der Waals surface area contributed by atoms with Crippen LogP contribution in [0.2, 0.25) is 0 Å². The third-order valence-electron chi connectivity index (χ3n) is 10.3. The Morgan fingerprint density at radius 3 is 1.41 bits per heavy atom. The molecule has 0 bridgehead atoms. The minimum absolute atomic E-state index is 0.753. The summed E-state index contributed by atoms with van der Waals surface area (Å²) >= 11 is 0. The fraction of sp³-hybridized carbons (Fsp3) is 0.0213. The maximum atomic E-state index is 5.66. The molecule has 240 valence electrons. The summed E-state index contributed by atoms with van der Waals surface area (Å²) in [5, 5.41) is 4.80. The van der Waals surface area contributed by atoms with E-state index in [-0.39, 0.29) is 0 Å². The van der Waals surface area contributed by atoms with E-state index in [0.29, 0.717) is 0 Å². The second kappa shape index (κ2) is 11.7. The van der Waals surface area contributed by atoms with Crippen LogP contribution in [0.15, 0.2) is 194 Å². The van der Waals surface area contributed by atoms with Gasteiger partial charge in [0.2, 0.25) is 0 Å². The number of hydrogen-bond acceptors (Lipinski definition) is 2. The molecular formula is C47H32N4. The zero-order chi connectivity index (χ0) is 33.8. The van der Waals surface area contributed by atoms with Crippen molar-refractivity contribution in [1.29, 1.82) is 0 Å². The van der Waals surface area contributed by atoms with E-state index in [1.807, 2.05) is 12.3 Å². The van der Waals surface area contributed by atoms with Gasteiger partial charge in [0.15, 0.2) is 0 Å². The van der Waals surface area contributed by atoms with Crippen LogP contribution in [0.3, 0.4) is 0 Å². The van der Waals surface area contributed by atoms with Crippen LogP contribution in [-0.4, -0.2) is 19.1 Å². The van der Waals surface area contributed by atoms with Crippen LogP contribution in [0, 0.1) is 0 Å². The van der Waals surface area contributed by atoms with Crippen LogP contribution in [0.1, 0.15) is 22.4 Å². The van der Waals surface area contributed by atoms with Gasteiger partial charge in [-0.3, -0.25) is 9.13 Å². The van der Waals surface area contributed by atoms with E-state index in [1.165, 1.54) is 21.5 Å². The van der Waals surface area contributed by atoms with Crippen molar-refractivity contribution in [1.82, 2.24) is 19.1 Å². The number of pyridine rings is 2. The van der Waals surface area contributed by atoms with Crippen molar-refractivity contribution in [2.45, 2.75) is 5.41 Å². The Labute approximate surface area is 295 Å². The van der Waals surface area contributed by atoms with Gasteiger partial charge in [-0.1, -0.05) is 140 Å². The zero-order valence-corrected chi connectivity index (χ0v) is 27.8. The standard InChI is InChI=1S/C47H32N4/c1-3-16-33(17-4-1)47(34-18-5-2-6-19-34,35-29-30-39-38-22-9-12-25-42(38)51(43(39)32-35)45-27-13-14-31-48-45)44-26-15-28-46(49-44)50-40-23-10-7-20-36(40)37-21-8-11-24-41(37)50/h1-32H. The number of nitrogens with zero attached hydrogens (tertiary/aromatic N) is 4. The summed E-state index contributed by atoms with van der Waals surface area (Å²) < 4.78 is 4.59. The number of fused-ring (bicyclic) bond motifs is 6. The first kappa shape index (κ1) is 29.2. The smallest absolute Gasteiger partial charge is 0.137 e. The van der Waals surface area contributed by atoms with Crippen molar-refractivity contribution in [3.8, 4) is 11.6 Å². The first-order chi connectivity index (χ1) is 25.3. The summed E-state index contributed by atoms with van der Waals surface area (Å²) in [6.45, 7) is 0. The summed E-state index contributed by atoms with van der Waals surface area (Å²) in [6, 6.07) is 67.0. The van der Waals surface area contributed by atoms with E-state index in [0.717, 1.165) is 56.1 Å². The van der Waals surface area contributed by atoms with Gasteiger partial charge in [0, 0.05) is 27.7 Å². The van der Waals surface area contributed by atoms with Gasteiger partial charge in [-0.15, -0.1) is 0 Å². The summed E-state index contributed by atoms with van der Waals surface area (Å²) in [5.41, 5.74) is 8.09. The lowest BCUT2D eigenvalue weighted by Crippen LogP contribution is -2.32. The van der Waals surface area contributed by atoms with Gasteiger partial charge in [0.05, 0.1) is 33.2 Å². The predicted molar refractivity (Wildman–Crippen MR) is 209 cm³/mol. The van der Waals surface area contributed by atoms with Gasteiger partial charge < -0.3 is 0 Å². The van der Waals surface area contributed by atoms with E-state index in [1.54, 1.807) is 0 Å². The van der Waals surface area contributed by atoms with Gasteiger partial charge in [-0.2, -0.15) is 0 Å². The Kier molecular flexibility index (Phi) is 6.68. The Morgan fingerprint density at radius 1 is 0.353 bits per heavy atom. The molecule has 0 aliphatic carbocycles. The van der Waals surface area contributed by atoms with Crippen LogP contribution in [0.25, 0.3) is 55.2 Å². The fourth-order valence-corrected chi connectivity index (χ4v) is 8.18. The number of para-hydroxylation sites is 3. The molecule has 4 heterocycles. The summed E-state index contributed by atoms with van der Waals surface area (Å²) in [4.78, 5) is 10.5. The SMILES string of the molecule is c1ccc(C(c2ccccc2)(c2ccc3c4ccccc4n(-c4ccccn4)c3c2)c2cccc(-n3c4ccccc4c4ccccc43)n2)cc1. The first-order valence-corrected chi connectivity index (χ1v) is 17.3. The lowest BCUT2D eigenvalue weighted by Gasteiger charge is -2.36. The van der Waals surface area contributed by atoms with Gasteiger partial charge in [-0.25, -0.2) is 9.97 Å². The third-order valence-corrected chi connectivity index (χ3v) is 10.3. The van der Waals surface area contributed by atoms with Crippen LogP contribution in [-0.2, 0) is 5.41 Å². The van der Waals surface area contributed by atoms with Crippen LogP contribution in [0.4, 0.5) is 0 Å². The van der Waals surface area contributed by atoms with Crippen LogP contribution >= 0.6 is 0 Å². The zero-order valence-electron chi connectivity index (χ0n) is 27.8. The van der Waals surface area contributed by atoms with Gasteiger partial charge in [0.1, 0.15) is 11.6 Å². The molecule has 10 rings (SSSR count). The molecule has 4 nitrogen and oxygen atoms in total. The fourth-order valence-electron chi connectivity index (χ4n) is 8.18. The molecule has 0 saturated heterocycles. The quantitative estimate of drug-likeness (QED) is 0.168. The van der Waals surface area contributed by atoms with Crippen LogP contribution in [0.5, 0.6) is 0 Å². The van der Waals surface area contributed by atoms with Gasteiger partial charge in [-0.05, 0) is 65.2 Å². The largest absolute Gasteiger partial charge is 0.294 e. The number of rotatable bonds is 6. The molecule has 0 unspecified atom stereocenters. The Bertz CT molecular complexity index is 2760. The minimum Gasteiger partial charge on any atom is -0.294 e. The highest BCUT2D eigenvalue weighted by atomic mass is 15.1. The highest BCUT2D eigenvalue weighted by Crippen LogP contribution is 2.46. The normalized spacial score (nSPS) is 11.9. The van der Waals surface area contributed by atoms with E-state index in [9.17, 15) is 0 Å². The first-order valence-electron chi connectivity index (χ1n) is 17.3. The maximum absolute atomic E-state index is 5.66. The van der Waals surface area contributed by atoms with Crippen molar-refractivity contribution in [2.24, 2.45) is 0 Å². The molecule has 0 spiro atoms. The molecule has 0 aliphatic rings. The molecule has 4 aromatic heterocycles. The molecular weight excluding hydrogens is 621 g/mol. The second-order valence-electron chi connectivity index (χ2n) is 13.0. The van der Waals surface area contributed by atoms with E-state index < -0.39 is 5.41 Å². The Hall–Kier alpha value is -6.78. The van der Waals surface area contributed by atoms with E-state index in [2.05, 4.69) is 191 Å². The average Bonchev–Trinajstić information content (AvgIpc) is 3.72. The van der Waals surface area contributed by atoms with Crippen LogP contribution < -0.4 is 0 Å². The van der Waals surface area contributed by atoms with Gasteiger partial charge in [0.25, 0.3) is 0 Å². The maximum Gasteiger partial charge on any atom is 0.137 e. The Balaban J connectivity index is 1.32. The molecule has 4 heteroatoms. The summed E-state index contributed by atoms with van der Waals surface area (Å²) in [7, 11) is 0. The van der Waals surface area contributed by atoms with E-state index >= 15 is 0 Å². The number of aromatic nitrogens is 4. The molecule has 6 aromatic carbocycles. The highest BCUT2D eigenvalue weighted by molar-refractivity contribution is 6.10. The second-order valence-corrected chi connectivity index (χ2v) is 13.0. The highest BCUT2D eigenvalue weighted by Gasteiger charge is 2.40. The third kappa shape index (κ3) is 4.40. The molecule has 51 heavy (non-hydrogen) atoms. The molecule has 0 atom stereocenters. The molecule has 0 saturated carbocycles. The summed E-state index contributed by atoms with van der Waals surface area (Å²) in [5.74, 6) is 1.77. The molecule has 0 N–H and O–H groups in total. The van der Waals surface area contributed by atoms with Crippen molar-refractivity contribution in [3.05, 3.63) is 217 Å². The predicted octanol–water partition coefficient (Wildman–Crippen LogP) is 11.1. The van der Waals surface area contributed by atoms with E-state index in [4.69, 9.17) is 9.97 Å². The molecule has 0 radical (unpaired) electrons. The van der Waals surface area contributed by atoms with Gasteiger partial charge >= 0.3 is 0 Å². The lowest BCUT2D eigenvalue weighted by atomic mass is 9.67. The molecule has 0 aliphatic heterocycles. The molecule has 10 aromatic rings. The van der Waals surface area contributed by atoms with Crippen molar-refractivity contribution in [3.63, 3.8) is 0 Å². The summed E-state index contributed by atoms with van der Waals surface area (Å²) in [6.07, 6.45) is 1.86. The number of hydrogen-bond donors (Lipinski definition) is 0. The average molecular weight is 653 g/mol. The minimum atomic E-state index is -0.753. The monoisotopic (exact) mass is 652 g/mol. The topological polar surface area (TPSA) is 35.6 Å². The lowest BCUT2D eigenvalue weighted by molar-refractivity contribution is 0.711. The van der Waals surface area contributed by atoms with Crippen molar-refractivity contribution in [2.75, 3.05) is 0 Å². The molecule has 0 fully saturated rings. The van der Waals surface area contributed by atoms with Crippen molar-refractivity contribution < 1.29 is 0 Å². The van der Waals surface area contributed by atoms with Crippen molar-refractivity contribution >= 4 is 43.6 Å².